The van der Waals surface area contributed by atoms with Gasteiger partial charge < -0.3 is 31.5 Å². The topological polar surface area (TPSA) is 157 Å². The fourth-order valence-electron chi connectivity index (χ4n) is 13.9. The molecule has 0 bridgehead atoms. The van der Waals surface area contributed by atoms with Gasteiger partial charge in [-0.15, -0.1) is 0 Å². The van der Waals surface area contributed by atoms with Crippen molar-refractivity contribution in [2.45, 2.75) is 165 Å². The molecule has 10 nitrogen and oxygen atoms in total. The summed E-state index contributed by atoms with van der Waals surface area (Å²) in [6.07, 6.45) is 3.36. The molecule has 4 heterocycles. The van der Waals surface area contributed by atoms with Crippen LogP contribution in [0, 0.1) is 45.9 Å². The van der Waals surface area contributed by atoms with Crippen molar-refractivity contribution in [3.63, 3.8) is 0 Å². The van der Waals surface area contributed by atoms with Crippen molar-refractivity contribution in [3.05, 3.63) is 127 Å². The standard InChI is InChI=1S/C29H32Cl2F2N2O3.C29H33ClF2N2O3/c1-27(2,3)13-22-29(16-9-19(32)18(31)10-20(16)34-26(29)37)23(15-6-5-7-17(30)24(15)33)25(35-22)21(36)8-14-11-28(4,38)12-14;1-27(2,3)14-22-29(18-9-8-16(31)11-20(18)33-26(29)36)23(17-6-5-7-19(30)24(17)32)25(34-22)21(35)10-15-12-28(4,37)13-15/h5-7,9-10,14,22-23,25,35,38H,8,11-13H2,1-4H3,(H,34,37);5-9,11,15,22-23,25,34,37H,10,12-14H2,1-4H3,(H,33,36)/t14?,22-,23+,25+,28?,29+;15?,22-,23+,25+,28?,29+/m11/s1. The highest BCUT2D eigenvalue weighted by atomic mass is 35.5. The summed E-state index contributed by atoms with van der Waals surface area (Å²) in [4.78, 5) is 55.9. The van der Waals surface area contributed by atoms with E-state index in [1.54, 1.807) is 44.2 Å². The first-order chi connectivity index (χ1) is 34.9. The van der Waals surface area contributed by atoms with Gasteiger partial charge in [-0.2, -0.15) is 0 Å². The van der Waals surface area contributed by atoms with Crippen molar-refractivity contribution in [2.75, 3.05) is 10.6 Å². The molecule has 4 aromatic rings. The molecule has 10 rings (SSSR count). The van der Waals surface area contributed by atoms with Crippen LogP contribution in [0.3, 0.4) is 0 Å². The van der Waals surface area contributed by atoms with E-state index < -0.39 is 87.2 Å². The number of nitrogens with one attached hydrogen (secondary N) is 4. The maximum atomic E-state index is 15.7. The van der Waals surface area contributed by atoms with Gasteiger partial charge in [-0.25, -0.2) is 17.6 Å². The van der Waals surface area contributed by atoms with Crippen molar-refractivity contribution in [3.8, 4) is 0 Å². The van der Waals surface area contributed by atoms with E-state index in [-0.39, 0.29) is 79.2 Å². The number of carbonyl (C=O) groups excluding carboxylic acids is 4. The molecular formula is C58H65Cl3F4N4O6. The van der Waals surface area contributed by atoms with Crippen LogP contribution < -0.4 is 21.3 Å². The second-order valence-corrected chi connectivity index (χ2v) is 26.4. The van der Waals surface area contributed by atoms with Crippen LogP contribution in [0.4, 0.5) is 28.9 Å². The third-order valence-corrected chi connectivity index (χ3v) is 17.4. The lowest BCUT2D eigenvalue weighted by Crippen LogP contribution is -2.49. The SMILES string of the molecule is CC(C)(C)C[C@H]1N[C@@H](C(=O)CC2CC(C)(O)C2)[C@H](c2cccc(Cl)c2F)[C@@]12C(=O)Nc1cc(Cl)c(F)cc12.CC(C)(C)C[C@H]1N[C@@H](C(=O)CC2CC(C)(O)C2)[C@H](c2cccc(Cl)c2F)[C@@]12C(=O)Nc1cc(F)ccc12. The lowest BCUT2D eigenvalue weighted by atomic mass is 9.61. The Hall–Kier alpha value is -4.41. The number of amides is 2. The zero-order valence-corrected chi connectivity index (χ0v) is 45.6. The molecule has 2 aliphatic carbocycles. The zero-order valence-electron chi connectivity index (χ0n) is 43.3. The second kappa shape index (κ2) is 19.5. The van der Waals surface area contributed by atoms with Crippen molar-refractivity contribution in [1.82, 2.24) is 10.6 Å². The van der Waals surface area contributed by atoms with Crippen LogP contribution >= 0.6 is 34.8 Å². The maximum absolute atomic E-state index is 15.7. The van der Waals surface area contributed by atoms with Crippen LogP contribution in [0.5, 0.6) is 0 Å². The van der Waals surface area contributed by atoms with Crippen molar-refractivity contribution >= 4 is 69.6 Å². The highest BCUT2D eigenvalue weighted by molar-refractivity contribution is 6.32. The normalized spacial score (nSPS) is 32.5. The van der Waals surface area contributed by atoms with Gasteiger partial charge in [-0.1, -0.05) is 107 Å². The van der Waals surface area contributed by atoms with Crippen molar-refractivity contribution in [2.24, 2.45) is 22.7 Å². The minimum Gasteiger partial charge on any atom is -0.390 e. The molecule has 0 aromatic heterocycles. The Morgan fingerprint density at radius 2 is 1.01 bits per heavy atom. The number of fused-ring (bicyclic) bond motifs is 4. The Bertz CT molecular complexity index is 2980. The molecular weight excluding hydrogens is 1030 g/mol. The summed E-state index contributed by atoms with van der Waals surface area (Å²) in [6.45, 7) is 15.7. The predicted molar refractivity (Wildman–Crippen MR) is 282 cm³/mol. The second-order valence-electron chi connectivity index (χ2n) is 25.2. The first-order valence-electron chi connectivity index (χ1n) is 25.7. The molecule has 6 aliphatic rings. The number of rotatable bonds is 10. The molecule has 0 radical (unpaired) electrons. The molecule has 2 spiro atoms. The number of hydrogen-bond acceptors (Lipinski definition) is 8. The van der Waals surface area contributed by atoms with Gasteiger partial charge in [-0.05, 0) is 134 Å². The van der Waals surface area contributed by atoms with Crippen LogP contribution in [0.2, 0.25) is 15.1 Å². The largest absolute Gasteiger partial charge is 0.390 e. The Balaban J connectivity index is 0.000000184. The Morgan fingerprint density at radius 3 is 1.43 bits per heavy atom. The minimum atomic E-state index is -1.50. The number of benzene rings is 4. The summed E-state index contributed by atoms with van der Waals surface area (Å²) in [5.41, 5.74) is -3.08. The van der Waals surface area contributed by atoms with E-state index >= 15 is 8.78 Å². The van der Waals surface area contributed by atoms with E-state index in [1.807, 2.05) is 41.5 Å². The van der Waals surface area contributed by atoms with Crippen LogP contribution in [0.15, 0.2) is 66.7 Å². The number of hydrogen-bond donors (Lipinski definition) is 6. The smallest absolute Gasteiger partial charge is 0.237 e. The Kier molecular flexibility index (Phi) is 14.4. The molecule has 6 N–H and O–H groups in total. The molecule has 402 valence electrons. The van der Waals surface area contributed by atoms with Gasteiger partial charge in [0.1, 0.15) is 34.1 Å². The molecule has 2 saturated carbocycles. The summed E-state index contributed by atoms with van der Waals surface area (Å²) in [5, 5.41) is 32.6. The summed E-state index contributed by atoms with van der Waals surface area (Å²) < 4.78 is 60.6. The van der Waals surface area contributed by atoms with Gasteiger partial charge >= 0.3 is 0 Å². The number of anilines is 2. The zero-order chi connectivity index (χ0) is 54.7. The third kappa shape index (κ3) is 9.97. The van der Waals surface area contributed by atoms with E-state index in [2.05, 4.69) is 21.3 Å². The van der Waals surface area contributed by atoms with Gasteiger partial charge in [0.2, 0.25) is 11.8 Å². The number of halogens is 7. The highest BCUT2D eigenvalue weighted by Crippen LogP contribution is 2.60. The molecule has 4 aliphatic heterocycles. The number of ketones is 2. The van der Waals surface area contributed by atoms with Gasteiger partial charge in [0, 0.05) is 48.1 Å². The predicted octanol–water partition coefficient (Wildman–Crippen LogP) is 11.6. The molecule has 4 fully saturated rings. The quantitative estimate of drug-likeness (QED) is 0.0857. The monoisotopic (exact) mass is 1090 g/mol. The van der Waals surface area contributed by atoms with Crippen LogP contribution in [0.1, 0.15) is 141 Å². The fraction of sp³-hybridized carbons (Fsp3) is 0.517. The first kappa shape index (κ1) is 55.3. The summed E-state index contributed by atoms with van der Waals surface area (Å²) in [6, 6.07) is 13.0. The fourth-order valence-corrected chi connectivity index (χ4v) is 14.4. The minimum absolute atomic E-state index is 0.0114. The number of carbonyl (C=O) groups is 4. The molecule has 17 heteroatoms. The van der Waals surface area contributed by atoms with Gasteiger partial charge in [-0.3, -0.25) is 19.2 Å². The molecule has 8 atom stereocenters. The van der Waals surface area contributed by atoms with E-state index in [9.17, 15) is 38.2 Å². The average molecular weight is 1100 g/mol. The average Bonchev–Trinajstić information content (AvgIpc) is 3.96. The van der Waals surface area contributed by atoms with Gasteiger partial charge in [0.15, 0.2) is 11.6 Å². The third-order valence-electron chi connectivity index (χ3n) is 16.5. The van der Waals surface area contributed by atoms with Crippen molar-refractivity contribution in [1.29, 1.82) is 0 Å². The van der Waals surface area contributed by atoms with Crippen LogP contribution in [-0.2, 0) is 30.0 Å². The Morgan fingerprint density at radius 1 is 0.600 bits per heavy atom. The number of aliphatic hydroxyl groups is 2. The lowest BCUT2D eigenvalue weighted by Gasteiger charge is -2.41. The van der Waals surface area contributed by atoms with E-state index in [0.717, 1.165) is 0 Å². The Labute approximate surface area is 450 Å². The molecule has 2 amide bonds. The van der Waals surface area contributed by atoms with Gasteiger partial charge in [0.25, 0.3) is 0 Å². The molecule has 75 heavy (non-hydrogen) atoms. The maximum Gasteiger partial charge on any atom is 0.237 e. The van der Waals surface area contributed by atoms with E-state index in [0.29, 0.717) is 61.0 Å². The van der Waals surface area contributed by atoms with E-state index in [4.69, 9.17) is 34.8 Å². The van der Waals surface area contributed by atoms with Crippen LogP contribution in [-0.4, -0.2) is 69.0 Å². The molecule has 2 saturated heterocycles. The summed E-state index contributed by atoms with van der Waals surface area (Å²) in [7, 11) is 0. The summed E-state index contributed by atoms with van der Waals surface area (Å²) >= 11 is 18.5. The van der Waals surface area contributed by atoms with Crippen molar-refractivity contribution < 1.29 is 47.0 Å². The van der Waals surface area contributed by atoms with Gasteiger partial charge in [0.05, 0.1) is 38.4 Å². The summed E-state index contributed by atoms with van der Waals surface area (Å²) in [5.74, 6) is -5.61. The molecule has 0 unspecified atom stereocenters. The van der Waals surface area contributed by atoms with E-state index in [1.165, 1.54) is 36.4 Å². The first-order valence-corrected chi connectivity index (χ1v) is 26.8. The highest BCUT2D eigenvalue weighted by Gasteiger charge is 2.68. The lowest BCUT2D eigenvalue weighted by molar-refractivity contribution is -0.128. The van der Waals surface area contributed by atoms with Crippen LogP contribution in [0.25, 0.3) is 0 Å². The molecule has 4 aromatic carbocycles. The number of Topliss-reactive ketones (excluding diaryl/α,β-unsaturated/α-hetero) is 2.